The van der Waals surface area contributed by atoms with Crippen LogP contribution in [0.15, 0.2) is 24.3 Å². The van der Waals surface area contributed by atoms with Crippen molar-refractivity contribution in [2.45, 2.75) is 25.5 Å². The van der Waals surface area contributed by atoms with Gasteiger partial charge in [-0.05, 0) is 24.9 Å². The van der Waals surface area contributed by atoms with Gasteiger partial charge in [0, 0.05) is 31.8 Å². The summed E-state index contributed by atoms with van der Waals surface area (Å²) < 4.78 is 11.0. The van der Waals surface area contributed by atoms with Crippen LogP contribution in [-0.2, 0) is 4.74 Å². The predicted molar refractivity (Wildman–Crippen MR) is 80.9 cm³/mol. The highest BCUT2D eigenvalue weighted by Crippen LogP contribution is 2.26. The Balaban J connectivity index is 1.99. The maximum Gasteiger partial charge on any atom is 0.123 e. The van der Waals surface area contributed by atoms with Gasteiger partial charge in [-0.3, -0.25) is 4.90 Å². The molecule has 4 heteroatoms. The zero-order chi connectivity index (χ0) is 14.5. The summed E-state index contributed by atoms with van der Waals surface area (Å²) in [6.07, 6.45) is 1.48. The van der Waals surface area contributed by atoms with Crippen molar-refractivity contribution in [3.63, 3.8) is 0 Å². The van der Waals surface area contributed by atoms with Gasteiger partial charge in [-0.1, -0.05) is 25.1 Å². The van der Waals surface area contributed by atoms with E-state index in [2.05, 4.69) is 11.8 Å². The van der Waals surface area contributed by atoms with Crippen LogP contribution in [0.25, 0.3) is 0 Å². The van der Waals surface area contributed by atoms with Gasteiger partial charge in [0.05, 0.1) is 13.2 Å². The lowest BCUT2D eigenvalue weighted by Gasteiger charge is -2.37. The highest BCUT2D eigenvalue weighted by atomic mass is 16.5. The average molecular weight is 278 g/mol. The molecule has 2 rings (SSSR count). The summed E-state index contributed by atoms with van der Waals surface area (Å²) in [6.45, 7) is 5.14. The highest BCUT2D eigenvalue weighted by Gasteiger charge is 2.27. The van der Waals surface area contributed by atoms with Crippen LogP contribution in [0.3, 0.4) is 0 Å². The molecule has 1 aliphatic rings. The number of nitrogens with zero attached hydrogens (tertiary/aromatic N) is 1. The Morgan fingerprint density at radius 1 is 1.35 bits per heavy atom. The molecule has 0 aliphatic carbocycles. The van der Waals surface area contributed by atoms with Crippen LogP contribution in [0.4, 0.5) is 0 Å². The Morgan fingerprint density at radius 3 is 2.80 bits per heavy atom. The van der Waals surface area contributed by atoms with Crippen molar-refractivity contribution in [3.8, 4) is 5.75 Å². The number of rotatable bonds is 5. The lowest BCUT2D eigenvalue weighted by molar-refractivity contribution is -0.00648. The van der Waals surface area contributed by atoms with E-state index in [-0.39, 0.29) is 6.04 Å². The van der Waals surface area contributed by atoms with Gasteiger partial charge in [-0.25, -0.2) is 0 Å². The van der Waals surface area contributed by atoms with E-state index in [9.17, 15) is 0 Å². The maximum absolute atomic E-state index is 6.36. The minimum Gasteiger partial charge on any atom is -0.496 e. The van der Waals surface area contributed by atoms with Gasteiger partial charge in [0.2, 0.25) is 0 Å². The lowest BCUT2D eigenvalue weighted by Crippen LogP contribution is -2.46. The van der Waals surface area contributed by atoms with Gasteiger partial charge in [0.15, 0.2) is 0 Å². The molecule has 1 aliphatic heterocycles. The van der Waals surface area contributed by atoms with Crippen molar-refractivity contribution in [3.05, 3.63) is 29.8 Å². The lowest BCUT2D eigenvalue weighted by atomic mass is 9.95. The molecule has 0 bridgehead atoms. The van der Waals surface area contributed by atoms with Crippen molar-refractivity contribution in [1.29, 1.82) is 0 Å². The first kappa shape index (κ1) is 15.3. The second-order valence-electron chi connectivity index (χ2n) is 5.65. The number of benzene rings is 1. The summed E-state index contributed by atoms with van der Waals surface area (Å²) >= 11 is 0. The van der Waals surface area contributed by atoms with Crippen LogP contribution in [0, 0.1) is 5.92 Å². The fourth-order valence-electron chi connectivity index (χ4n) is 2.92. The smallest absolute Gasteiger partial charge is 0.123 e. The van der Waals surface area contributed by atoms with E-state index in [1.165, 1.54) is 0 Å². The van der Waals surface area contributed by atoms with Gasteiger partial charge >= 0.3 is 0 Å². The molecule has 3 unspecified atom stereocenters. The molecular weight excluding hydrogens is 252 g/mol. The average Bonchev–Trinajstić information content (AvgIpc) is 2.49. The topological polar surface area (TPSA) is 47.7 Å². The van der Waals surface area contributed by atoms with Crippen molar-refractivity contribution < 1.29 is 9.47 Å². The first-order valence-corrected chi connectivity index (χ1v) is 7.29. The zero-order valence-electron chi connectivity index (χ0n) is 12.7. The summed E-state index contributed by atoms with van der Waals surface area (Å²) in [6, 6.07) is 7.96. The summed E-state index contributed by atoms with van der Waals surface area (Å²) in [5.74, 6) is 1.49. The maximum atomic E-state index is 6.36. The van der Waals surface area contributed by atoms with E-state index in [0.29, 0.717) is 12.0 Å². The van der Waals surface area contributed by atoms with Crippen molar-refractivity contribution in [2.75, 3.05) is 33.9 Å². The summed E-state index contributed by atoms with van der Waals surface area (Å²) in [5, 5.41) is 0. The van der Waals surface area contributed by atoms with Crippen LogP contribution >= 0.6 is 0 Å². The summed E-state index contributed by atoms with van der Waals surface area (Å²) in [4.78, 5) is 2.39. The van der Waals surface area contributed by atoms with E-state index in [1.807, 2.05) is 24.3 Å². The number of ether oxygens (including phenoxy) is 2. The van der Waals surface area contributed by atoms with Crippen LogP contribution in [0.1, 0.15) is 24.9 Å². The molecule has 3 atom stereocenters. The number of piperidine rings is 1. The standard InChI is InChI=1S/C16H26N2O2/c1-12-8-9-18(11-16(12)20-3)10-14(17)13-6-4-5-7-15(13)19-2/h4-7,12,14,16H,8-11,17H2,1-3H3. The Hall–Kier alpha value is -1.10. The quantitative estimate of drug-likeness (QED) is 0.895. The molecule has 1 heterocycles. The van der Waals surface area contributed by atoms with Crippen LogP contribution < -0.4 is 10.5 Å². The normalized spacial score (nSPS) is 25.4. The molecule has 1 aromatic rings. The van der Waals surface area contributed by atoms with E-state index in [1.54, 1.807) is 14.2 Å². The molecule has 112 valence electrons. The molecule has 0 radical (unpaired) electrons. The van der Waals surface area contributed by atoms with Gasteiger partial charge < -0.3 is 15.2 Å². The molecule has 0 spiro atoms. The largest absolute Gasteiger partial charge is 0.496 e. The molecular formula is C16H26N2O2. The van der Waals surface area contributed by atoms with Crippen LogP contribution in [0.2, 0.25) is 0 Å². The molecule has 0 amide bonds. The monoisotopic (exact) mass is 278 g/mol. The fourth-order valence-corrected chi connectivity index (χ4v) is 2.92. The number of para-hydroxylation sites is 1. The minimum atomic E-state index is -0.0305. The second-order valence-corrected chi connectivity index (χ2v) is 5.65. The third-order valence-corrected chi connectivity index (χ3v) is 4.27. The van der Waals surface area contributed by atoms with Crippen molar-refractivity contribution in [1.82, 2.24) is 4.90 Å². The van der Waals surface area contributed by atoms with Crippen LogP contribution in [-0.4, -0.2) is 44.9 Å². The number of nitrogens with two attached hydrogens (primary N) is 1. The molecule has 0 saturated carbocycles. The van der Waals surface area contributed by atoms with E-state index in [4.69, 9.17) is 15.2 Å². The number of methoxy groups -OCH3 is 2. The third kappa shape index (κ3) is 3.51. The molecule has 1 aromatic carbocycles. The zero-order valence-corrected chi connectivity index (χ0v) is 12.7. The van der Waals surface area contributed by atoms with E-state index in [0.717, 1.165) is 37.4 Å². The van der Waals surface area contributed by atoms with Gasteiger partial charge in [-0.15, -0.1) is 0 Å². The molecule has 1 saturated heterocycles. The molecule has 4 nitrogen and oxygen atoms in total. The number of likely N-dealkylation sites (tertiary alicyclic amines) is 1. The molecule has 20 heavy (non-hydrogen) atoms. The van der Waals surface area contributed by atoms with Crippen molar-refractivity contribution >= 4 is 0 Å². The number of hydrogen-bond acceptors (Lipinski definition) is 4. The van der Waals surface area contributed by atoms with E-state index < -0.39 is 0 Å². The summed E-state index contributed by atoms with van der Waals surface area (Å²) in [7, 11) is 3.49. The third-order valence-electron chi connectivity index (χ3n) is 4.27. The first-order chi connectivity index (χ1) is 9.65. The Kier molecular flexibility index (Phi) is 5.40. The van der Waals surface area contributed by atoms with Gasteiger partial charge in [-0.2, -0.15) is 0 Å². The second kappa shape index (κ2) is 7.07. The Bertz CT molecular complexity index is 425. The minimum absolute atomic E-state index is 0.0305. The Labute approximate surface area is 121 Å². The molecule has 0 aromatic heterocycles. The number of hydrogen-bond donors (Lipinski definition) is 1. The predicted octanol–water partition coefficient (Wildman–Crippen LogP) is 2.05. The van der Waals surface area contributed by atoms with Gasteiger partial charge in [0.25, 0.3) is 0 Å². The Morgan fingerprint density at radius 2 is 2.10 bits per heavy atom. The SMILES string of the molecule is COc1ccccc1C(N)CN1CCC(C)C(OC)C1. The first-order valence-electron chi connectivity index (χ1n) is 7.29. The molecule has 2 N–H and O–H groups in total. The van der Waals surface area contributed by atoms with Gasteiger partial charge in [0.1, 0.15) is 5.75 Å². The fraction of sp³-hybridized carbons (Fsp3) is 0.625. The summed E-state index contributed by atoms with van der Waals surface area (Å²) in [5.41, 5.74) is 7.43. The van der Waals surface area contributed by atoms with Crippen LogP contribution in [0.5, 0.6) is 5.75 Å². The highest BCUT2D eigenvalue weighted by molar-refractivity contribution is 5.35. The van der Waals surface area contributed by atoms with E-state index >= 15 is 0 Å². The van der Waals surface area contributed by atoms with Crippen molar-refractivity contribution in [2.24, 2.45) is 11.7 Å². The molecule has 1 fully saturated rings.